The van der Waals surface area contributed by atoms with E-state index in [0.717, 1.165) is 17.0 Å². The molecule has 0 spiro atoms. The molecule has 0 saturated carbocycles. The normalized spacial score (nSPS) is 13.6. The highest BCUT2D eigenvalue weighted by molar-refractivity contribution is 6.70. The van der Waals surface area contributed by atoms with Crippen LogP contribution >= 0.6 is 0 Å². The number of para-hydroxylation sites is 1. The third-order valence-electron chi connectivity index (χ3n) is 3.07. The summed E-state index contributed by atoms with van der Waals surface area (Å²) in [7, 11) is 0.333. The van der Waals surface area contributed by atoms with Gasteiger partial charge in [0, 0.05) is 18.8 Å². The number of hydrogen-bond donors (Lipinski definition) is 0. The number of rotatable bonds is 5. The lowest BCUT2D eigenvalue weighted by molar-refractivity contribution is 0.543. The van der Waals surface area contributed by atoms with Crippen molar-refractivity contribution in [1.29, 1.82) is 0 Å². The van der Waals surface area contributed by atoms with Crippen LogP contribution in [0.2, 0.25) is 19.6 Å². The molecule has 5 heteroatoms. The van der Waals surface area contributed by atoms with E-state index in [-0.39, 0.29) is 6.04 Å². The van der Waals surface area contributed by atoms with Gasteiger partial charge in [-0.05, 0) is 32.6 Å². The number of aliphatic imine (C=N–C) groups is 1. The van der Waals surface area contributed by atoms with E-state index in [4.69, 9.17) is 4.43 Å². The van der Waals surface area contributed by atoms with Gasteiger partial charge >= 0.3 is 0 Å². The standard InChI is InChI=1S/C16H23N3OSi/c1-13(18-11-14-10-17-12-19(14)2)15-8-6-7-9-16(15)20-21(3,4)5/h6-13H,1-5H3/b18-11+. The van der Waals surface area contributed by atoms with Crippen molar-refractivity contribution < 1.29 is 4.43 Å². The van der Waals surface area contributed by atoms with Crippen molar-refractivity contribution in [3.8, 4) is 5.75 Å². The Bertz CT molecular complexity index is 628. The summed E-state index contributed by atoms with van der Waals surface area (Å²) in [5.41, 5.74) is 2.11. The van der Waals surface area contributed by atoms with Crippen molar-refractivity contribution in [2.45, 2.75) is 32.6 Å². The molecule has 112 valence electrons. The van der Waals surface area contributed by atoms with Crippen LogP contribution in [0.25, 0.3) is 0 Å². The molecule has 0 fully saturated rings. The van der Waals surface area contributed by atoms with Crippen LogP contribution in [0.4, 0.5) is 0 Å². The maximum atomic E-state index is 6.16. The first-order valence-corrected chi connectivity index (χ1v) is 10.5. The highest BCUT2D eigenvalue weighted by atomic mass is 28.4. The lowest BCUT2D eigenvalue weighted by Gasteiger charge is -2.22. The first-order chi connectivity index (χ1) is 9.87. The molecule has 1 heterocycles. The average Bonchev–Trinajstić information content (AvgIpc) is 2.80. The van der Waals surface area contributed by atoms with Crippen molar-refractivity contribution in [2.75, 3.05) is 0 Å². The van der Waals surface area contributed by atoms with E-state index in [1.54, 1.807) is 12.5 Å². The molecule has 4 nitrogen and oxygen atoms in total. The Morgan fingerprint density at radius 3 is 2.62 bits per heavy atom. The molecular formula is C16H23N3OSi. The summed E-state index contributed by atoms with van der Waals surface area (Å²) in [4.78, 5) is 8.73. The zero-order valence-electron chi connectivity index (χ0n) is 13.4. The summed E-state index contributed by atoms with van der Waals surface area (Å²) < 4.78 is 8.11. The van der Waals surface area contributed by atoms with Gasteiger partial charge in [-0.15, -0.1) is 0 Å². The van der Waals surface area contributed by atoms with Crippen molar-refractivity contribution in [3.05, 3.63) is 48.0 Å². The third-order valence-corrected chi connectivity index (χ3v) is 3.90. The Morgan fingerprint density at radius 1 is 1.29 bits per heavy atom. The van der Waals surface area contributed by atoms with Crippen molar-refractivity contribution >= 4 is 14.5 Å². The summed E-state index contributed by atoms with van der Waals surface area (Å²) in [5, 5.41) is 0. The SMILES string of the molecule is CC(/N=C/c1cncn1C)c1ccccc1O[Si](C)(C)C. The molecule has 1 aromatic heterocycles. The van der Waals surface area contributed by atoms with E-state index < -0.39 is 8.32 Å². The van der Waals surface area contributed by atoms with Crippen LogP contribution in [0.3, 0.4) is 0 Å². The Balaban J connectivity index is 2.21. The second-order valence-corrected chi connectivity index (χ2v) is 10.6. The second-order valence-electron chi connectivity index (χ2n) is 6.14. The lowest BCUT2D eigenvalue weighted by Crippen LogP contribution is -2.29. The van der Waals surface area contributed by atoms with Gasteiger partial charge in [0.25, 0.3) is 0 Å². The molecule has 0 N–H and O–H groups in total. The molecular weight excluding hydrogens is 278 g/mol. The molecule has 2 aromatic rings. The maximum Gasteiger partial charge on any atom is 0.242 e. The predicted octanol–water partition coefficient (Wildman–Crippen LogP) is 3.81. The Hall–Kier alpha value is -1.88. The zero-order chi connectivity index (χ0) is 15.5. The van der Waals surface area contributed by atoms with Crippen molar-refractivity contribution in [2.24, 2.45) is 12.0 Å². The fraction of sp³-hybridized carbons (Fsp3) is 0.375. The molecule has 1 aromatic carbocycles. The van der Waals surface area contributed by atoms with Crippen LogP contribution < -0.4 is 4.43 Å². The fourth-order valence-electron chi connectivity index (χ4n) is 2.01. The molecule has 0 amide bonds. The number of imidazole rings is 1. The smallest absolute Gasteiger partial charge is 0.242 e. The summed E-state index contributed by atoms with van der Waals surface area (Å²) in [6.07, 6.45) is 5.44. The average molecular weight is 301 g/mol. The predicted molar refractivity (Wildman–Crippen MR) is 89.6 cm³/mol. The molecule has 0 aliphatic heterocycles. The molecule has 2 rings (SSSR count). The molecule has 1 atom stereocenters. The number of nitrogens with zero attached hydrogens (tertiary/aromatic N) is 3. The van der Waals surface area contributed by atoms with Crippen molar-refractivity contribution in [3.63, 3.8) is 0 Å². The van der Waals surface area contributed by atoms with Crippen LogP contribution in [0.5, 0.6) is 5.75 Å². The van der Waals surface area contributed by atoms with E-state index >= 15 is 0 Å². The minimum Gasteiger partial charge on any atom is -0.544 e. The Kier molecular flexibility index (Phi) is 4.62. The topological polar surface area (TPSA) is 39.4 Å². The Morgan fingerprint density at radius 2 is 2.00 bits per heavy atom. The van der Waals surface area contributed by atoms with Gasteiger partial charge in [-0.2, -0.15) is 0 Å². The van der Waals surface area contributed by atoms with Gasteiger partial charge in [0.2, 0.25) is 8.32 Å². The third kappa shape index (κ3) is 4.29. The van der Waals surface area contributed by atoms with Gasteiger partial charge in [-0.1, -0.05) is 18.2 Å². The van der Waals surface area contributed by atoms with Gasteiger partial charge in [-0.25, -0.2) is 4.98 Å². The molecule has 1 unspecified atom stereocenters. The minimum atomic E-state index is -1.63. The van der Waals surface area contributed by atoms with E-state index in [1.807, 2.05) is 36.0 Å². The highest BCUT2D eigenvalue weighted by Crippen LogP contribution is 2.29. The second kappa shape index (κ2) is 6.26. The lowest BCUT2D eigenvalue weighted by atomic mass is 10.1. The number of hydrogen-bond acceptors (Lipinski definition) is 3. The summed E-state index contributed by atoms with van der Waals surface area (Å²) in [6, 6.07) is 8.20. The molecule has 0 saturated heterocycles. The summed E-state index contributed by atoms with van der Waals surface area (Å²) >= 11 is 0. The van der Waals surface area contributed by atoms with E-state index in [0.29, 0.717) is 0 Å². The first-order valence-electron chi connectivity index (χ1n) is 7.14. The zero-order valence-corrected chi connectivity index (χ0v) is 14.4. The van der Waals surface area contributed by atoms with Gasteiger partial charge in [0.05, 0.1) is 24.3 Å². The van der Waals surface area contributed by atoms with Crippen molar-refractivity contribution in [1.82, 2.24) is 9.55 Å². The van der Waals surface area contributed by atoms with Gasteiger partial charge < -0.3 is 8.99 Å². The minimum absolute atomic E-state index is 0.0486. The summed E-state index contributed by atoms with van der Waals surface area (Å²) in [5.74, 6) is 0.950. The molecule has 21 heavy (non-hydrogen) atoms. The van der Waals surface area contributed by atoms with E-state index in [9.17, 15) is 0 Å². The molecule has 0 radical (unpaired) electrons. The van der Waals surface area contributed by atoms with Crippen LogP contribution in [0.15, 0.2) is 41.8 Å². The molecule has 0 bridgehead atoms. The quantitative estimate of drug-likeness (QED) is 0.622. The highest BCUT2D eigenvalue weighted by Gasteiger charge is 2.19. The molecule has 0 aliphatic carbocycles. The molecule has 0 aliphatic rings. The van der Waals surface area contributed by atoms with Gasteiger partial charge in [0.15, 0.2) is 0 Å². The summed E-state index contributed by atoms with van der Waals surface area (Å²) in [6.45, 7) is 8.65. The number of aromatic nitrogens is 2. The number of benzene rings is 1. The van der Waals surface area contributed by atoms with Crippen LogP contribution in [0, 0.1) is 0 Å². The van der Waals surface area contributed by atoms with E-state index in [1.165, 1.54) is 0 Å². The largest absolute Gasteiger partial charge is 0.544 e. The van der Waals surface area contributed by atoms with Crippen LogP contribution in [-0.4, -0.2) is 24.1 Å². The van der Waals surface area contributed by atoms with E-state index in [2.05, 4.69) is 42.6 Å². The van der Waals surface area contributed by atoms with Gasteiger partial charge in [0.1, 0.15) is 5.75 Å². The van der Waals surface area contributed by atoms with Gasteiger partial charge in [-0.3, -0.25) is 4.99 Å². The monoisotopic (exact) mass is 301 g/mol. The van der Waals surface area contributed by atoms with Crippen LogP contribution in [0.1, 0.15) is 24.2 Å². The number of aryl methyl sites for hydroxylation is 1. The fourth-order valence-corrected chi connectivity index (χ4v) is 2.85. The van der Waals surface area contributed by atoms with Crippen LogP contribution in [-0.2, 0) is 7.05 Å². The first kappa shape index (κ1) is 15.5. The Labute approximate surface area is 127 Å². The maximum absolute atomic E-state index is 6.16.